The number of carbonyl (C=O) groups is 1. The summed E-state index contributed by atoms with van der Waals surface area (Å²) in [6, 6.07) is 7.09. The summed E-state index contributed by atoms with van der Waals surface area (Å²) in [7, 11) is 0. The molecule has 0 fully saturated rings. The lowest BCUT2D eigenvalue weighted by Gasteiger charge is -2.31. The smallest absolute Gasteiger partial charge is 0.343 e. The minimum absolute atomic E-state index is 0.105. The molecule has 0 amide bonds. The SMILES string of the molecule is CC[C@@]1(O)C(=O)OCc2c1cc1n(c2=O)Cc2cc3c(C(C)(C)C)c(O)ccc3nc2-1. The molecule has 2 aliphatic heterocycles. The van der Waals surface area contributed by atoms with E-state index in [1.807, 2.05) is 26.8 Å². The van der Waals surface area contributed by atoms with Gasteiger partial charge in [0.15, 0.2) is 5.60 Å². The third-order valence-electron chi connectivity index (χ3n) is 6.42. The fourth-order valence-electron chi connectivity index (χ4n) is 4.83. The predicted molar refractivity (Wildman–Crippen MR) is 115 cm³/mol. The second-order valence-electron chi connectivity index (χ2n) is 9.38. The molecule has 5 rings (SSSR count). The first-order valence-corrected chi connectivity index (χ1v) is 10.4. The van der Waals surface area contributed by atoms with Gasteiger partial charge in [0.05, 0.1) is 29.0 Å². The lowest BCUT2D eigenvalue weighted by molar-refractivity contribution is -0.172. The summed E-state index contributed by atoms with van der Waals surface area (Å²) in [6.45, 7) is 7.96. The molecule has 0 bridgehead atoms. The topological polar surface area (TPSA) is 102 Å². The van der Waals surface area contributed by atoms with Crippen molar-refractivity contribution in [1.29, 1.82) is 0 Å². The average Bonchev–Trinajstić information content (AvgIpc) is 3.06. The van der Waals surface area contributed by atoms with E-state index in [-0.39, 0.29) is 29.8 Å². The maximum Gasteiger partial charge on any atom is 0.343 e. The van der Waals surface area contributed by atoms with E-state index in [4.69, 9.17) is 9.72 Å². The largest absolute Gasteiger partial charge is 0.508 e. The third-order valence-corrected chi connectivity index (χ3v) is 6.42. The minimum Gasteiger partial charge on any atom is -0.508 e. The summed E-state index contributed by atoms with van der Waals surface area (Å²) in [5, 5.41) is 22.3. The van der Waals surface area contributed by atoms with E-state index in [0.29, 0.717) is 34.6 Å². The minimum atomic E-state index is -1.84. The maximum atomic E-state index is 13.3. The average molecular weight is 420 g/mol. The van der Waals surface area contributed by atoms with Crippen molar-refractivity contribution >= 4 is 16.9 Å². The highest BCUT2D eigenvalue weighted by molar-refractivity contribution is 5.90. The molecule has 2 N–H and O–H groups in total. The molecule has 31 heavy (non-hydrogen) atoms. The van der Waals surface area contributed by atoms with Crippen LogP contribution in [0, 0.1) is 0 Å². The molecule has 0 spiro atoms. The molecule has 0 saturated heterocycles. The lowest BCUT2D eigenvalue weighted by atomic mass is 9.83. The van der Waals surface area contributed by atoms with Gasteiger partial charge in [-0.3, -0.25) is 4.79 Å². The fourth-order valence-corrected chi connectivity index (χ4v) is 4.83. The number of rotatable bonds is 1. The van der Waals surface area contributed by atoms with Crippen LogP contribution in [-0.2, 0) is 33.7 Å². The molecular weight excluding hydrogens is 396 g/mol. The molecule has 0 aliphatic carbocycles. The lowest BCUT2D eigenvalue weighted by Crippen LogP contribution is -2.44. The van der Waals surface area contributed by atoms with Crippen LogP contribution in [0.3, 0.4) is 0 Å². The molecule has 7 heteroatoms. The fraction of sp³-hybridized carbons (Fsp3) is 0.375. The van der Waals surface area contributed by atoms with Gasteiger partial charge >= 0.3 is 5.97 Å². The number of aromatic hydroxyl groups is 1. The van der Waals surface area contributed by atoms with E-state index >= 15 is 0 Å². The highest BCUT2D eigenvalue weighted by Crippen LogP contribution is 2.41. The van der Waals surface area contributed by atoms with Crippen LogP contribution in [0.4, 0.5) is 0 Å². The highest BCUT2D eigenvalue weighted by atomic mass is 16.6. The molecule has 0 radical (unpaired) electrons. The Morgan fingerprint density at radius 3 is 2.65 bits per heavy atom. The Balaban J connectivity index is 1.79. The number of aliphatic hydroxyl groups is 1. The van der Waals surface area contributed by atoms with Crippen molar-refractivity contribution in [3.8, 4) is 17.1 Å². The predicted octanol–water partition coefficient (Wildman–Crippen LogP) is 3.08. The quantitative estimate of drug-likeness (QED) is 0.459. The van der Waals surface area contributed by atoms with Crippen molar-refractivity contribution < 1.29 is 19.7 Å². The van der Waals surface area contributed by atoms with Gasteiger partial charge in [0.2, 0.25) is 0 Å². The van der Waals surface area contributed by atoms with Crippen molar-refractivity contribution in [3.05, 3.63) is 56.9 Å². The summed E-state index contributed by atoms with van der Waals surface area (Å²) in [6.07, 6.45) is 0.105. The molecule has 3 aromatic rings. The van der Waals surface area contributed by atoms with Crippen molar-refractivity contribution in [2.45, 2.75) is 58.3 Å². The summed E-state index contributed by atoms with van der Waals surface area (Å²) >= 11 is 0. The van der Waals surface area contributed by atoms with E-state index in [2.05, 4.69) is 0 Å². The number of hydrogen-bond acceptors (Lipinski definition) is 6. The Bertz CT molecular complexity index is 1350. The number of hydrogen-bond donors (Lipinski definition) is 2. The molecule has 7 nitrogen and oxygen atoms in total. The number of phenols is 1. The molecule has 0 saturated carbocycles. The van der Waals surface area contributed by atoms with Crippen molar-refractivity contribution in [2.75, 3.05) is 0 Å². The number of benzene rings is 1. The monoisotopic (exact) mass is 420 g/mol. The van der Waals surface area contributed by atoms with E-state index in [9.17, 15) is 19.8 Å². The molecule has 2 aliphatic rings. The first kappa shape index (κ1) is 19.8. The normalized spacial score (nSPS) is 19.7. The van der Waals surface area contributed by atoms with Gasteiger partial charge in [0.1, 0.15) is 12.4 Å². The molecule has 4 heterocycles. The summed E-state index contributed by atoms with van der Waals surface area (Å²) in [5.74, 6) is -0.518. The number of phenolic OH excluding ortho intramolecular Hbond substituents is 1. The van der Waals surface area contributed by atoms with E-state index in [0.717, 1.165) is 16.5 Å². The number of cyclic esters (lactones) is 1. The molecule has 160 valence electrons. The number of fused-ring (bicyclic) bond motifs is 5. The maximum absolute atomic E-state index is 13.3. The van der Waals surface area contributed by atoms with Crippen molar-refractivity contribution in [3.63, 3.8) is 0 Å². The standard InChI is InChI=1S/C24H24N2O5/c1-5-24(30)15-9-17-20-12(10-26(17)21(28)14(15)11-31-22(24)29)8-13-16(25-20)6-7-18(27)19(13)23(2,3)4/h6-9,27,30H,5,10-11H2,1-4H3/t24-/m0/s1. The first-order chi connectivity index (χ1) is 14.6. The van der Waals surface area contributed by atoms with Crippen LogP contribution < -0.4 is 5.56 Å². The Kier molecular flexibility index (Phi) is 3.93. The van der Waals surface area contributed by atoms with Gasteiger partial charge in [0, 0.05) is 22.1 Å². The second-order valence-corrected chi connectivity index (χ2v) is 9.38. The summed E-state index contributed by atoms with van der Waals surface area (Å²) in [4.78, 5) is 30.4. The second kappa shape index (κ2) is 6.17. The van der Waals surface area contributed by atoms with Gasteiger partial charge in [-0.1, -0.05) is 27.7 Å². The summed E-state index contributed by atoms with van der Waals surface area (Å²) in [5.41, 5.74) is 1.79. The number of carbonyl (C=O) groups excluding carboxylic acids is 1. The van der Waals surface area contributed by atoms with Crippen LogP contribution in [0.1, 0.15) is 56.4 Å². The van der Waals surface area contributed by atoms with Crippen LogP contribution in [0.15, 0.2) is 29.1 Å². The molecule has 2 aromatic heterocycles. The van der Waals surface area contributed by atoms with Crippen molar-refractivity contribution in [2.24, 2.45) is 0 Å². The van der Waals surface area contributed by atoms with E-state index < -0.39 is 11.6 Å². The Labute approximate surface area is 178 Å². The van der Waals surface area contributed by atoms with Gasteiger partial charge in [-0.05, 0) is 36.1 Å². The zero-order valence-corrected chi connectivity index (χ0v) is 17.9. The number of esters is 1. The van der Waals surface area contributed by atoms with Crippen LogP contribution in [-0.4, -0.2) is 25.7 Å². The Morgan fingerprint density at radius 1 is 1.23 bits per heavy atom. The zero-order valence-electron chi connectivity index (χ0n) is 17.9. The number of aromatic nitrogens is 2. The van der Waals surface area contributed by atoms with Gasteiger partial charge in [-0.2, -0.15) is 0 Å². The van der Waals surface area contributed by atoms with Gasteiger partial charge in [-0.25, -0.2) is 9.78 Å². The van der Waals surface area contributed by atoms with Gasteiger partial charge < -0.3 is 19.5 Å². The van der Waals surface area contributed by atoms with E-state index in [1.54, 1.807) is 29.7 Å². The number of pyridine rings is 2. The van der Waals surface area contributed by atoms with E-state index in [1.165, 1.54) is 0 Å². The third kappa shape index (κ3) is 2.59. The highest BCUT2D eigenvalue weighted by Gasteiger charge is 2.45. The molecule has 1 aromatic carbocycles. The molecular formula is C24H24N2O5. The number of nitrogens with zero attached hydrogens (tertiary/aromatic N) is 2. The number of ether oxygens (including phenoxy) is 1. The molecule has 1 atom stereocenters. The Hall–Kier alpha value is -3.19. The van der Waals surface area contributed by atoms with Crippen molar-refractivity contribution in [1.82, 2.24) is 9.55 Å². The first-order valence-electron chi connectivity index (χ1n) is 10.4. The molecule has 0 unspecified atom stereocenters. The van der Waals surface area contributed by atoms with Gasteiger partial charge in [0.25, 0.3) is 5.56 Å². The van der Waals surface area contributed by atoms with Crippen LogP contribution in [0.2, 0.25) is 0 Å². The van der Waals surface area contributed by atoms with Crippen LogP contribution in [0.25, 0.3) is 22.3 Å². The van der Waals surface area contributed by atoms with Crippen LogP contribution >= 0.6 is 0 Å². The van der Waals surface area contributed by atoms with Crippen LogP contribution in [0.5, 0.6) is 5.75 Å². The van der Waals surface area contributed by atoms with Gasteiger partial charge in [-0.15, -0.1) is 0 Å². The zero-order chi connectivity index (χ0) is 22.3. The Morgan fingerprint density at radius 2 is 1.97 bits per heavy atom. The summed E-state index contributed by atoms with van der Waals surface area (Å²) < 4.78 is 6.72.